The van der Waals surface area contributed by atoms with Crippen LogP contribution in [0.25, 0.3) is 0 Å². The van der Waals surface area contributed by atoms with Crippen molar-refractivity contribution in [3.8, 4) is 0 Å². The van der Waals surface area contributed by atoms with E-state index in [1.807, 2.05) is 30.3 Å². The second-order valence-corrected chi connectivity index (χ2v) is 5.40. The van der Waals surface area contributed by atoms with E-state index in [1.165, 1.54) is 0 Å². The zero-order valence-corrected chi connectivity index (χ0v) is 12.7. The molecule has 1 aromatic rings. The van der Waals surface area contributed by atoms with E-state index in [0.717, 1.165) is 31.7 Å². The molecule has 5 nitrogen and oxygen atoms in total. The summed E-state index contributed by atoms with van der Waals surface area (Å²) in [5.74, 6) is 0.0669. The number of nitrogens with one attached hydrogen (secondary N) is 1. The molecule has 1 amide bonds. The van der Waals surface area contributed by atoms with Crippen LogP contribution in [0, 0.1) is 0 Å². The summed E-state index contributed by atoms with van der Waals surface area (Å²) in [5, 5.41) is 7.10. The first-order chi connectivity index (χ1) is 10.1. The first-order valence-corrected chi connectivity index (χ1v) is 7.39. The summed E-state index contributed by atoms with van der Waals surface area (Å²) in [4.78, 5) is 23.9. The van der Waals surface area contributed by atoms with Gasteiger partial charge in [-0.25, -0.2) is 5.01 Å². The van der Waals surface area contributed by atoms with E-state index in [9.17, 15) is 9.59 Å². The number of ketones is 1. The van der Waals surface area contributed by atoms with Crippen LogP contribution in [0.4, 0.5) is 0 Å². The minimum Gasteiger partial charge on any atom is -0.314 e. The summed E-state index contributed by atoms with van der Waals surface area (Å²) in [6.07, 6.45) is 0.341. The molecule has 21 heavy (non-hydrogen) atoms. The molecule has 5 heteroatoms. The molecule has 0 spiro atoms. The van der Waals surface area contributed by atoms with E-state index < -0.39 is 0 Å². The van der Waals surface area contributed by atoms with Gasteiger partial charge in [-0.05, 0) is 12.5 Å². The standard InChI is InChI=1S/C16H23N3O2/c1-13(20)12-16(15-6-4-3-5-7-15)19(14(2)21)18-10-8-17-9-11-18/h3-7,16-17H,8-12H2,1-2H3. The maximum absolute atomic E-state index is 12.2. The zero-order valence-electron chi connectivity index (χ0n) is 12.7. The van der Waals surface area contributed by atoms with E-state index in [-0.39, 0.29) is 17.7 Å². The number of carbonyl (C=O) groups excluding carboxylic acids is 2. The zero-order chi connectivity index (χ0) is 15.2. The quantitative estimate of drug-likeness (QED) is 0.889. The van der Waals surface area contributed by atoms with E-state index in [2.05, 4.69) is 10.3 Å². The first kappa shape index (κ1) is 15.7. The van der Waals surface area contributed by atoms with Gasteiger partial charge in [0.2, 0.25) is 5.91 Å². The molecule has 0 bridgehead atoms. The van der Waals surface area contributed by atoms with Crippen LogP contribution in [0.2, 0.25) is 0 Å². The van der Waals surface area contributed by atoms with Crippen molar-refractivity contribution >= 4 is 11.7 Å². The lowest BCUT2D eigenvalue weighted by molar-refractivity contribution is -0.156. The largest absolute Gasteiger partial charge is 0.314 e. The van der Waals surface area contributed by atoms with Gasteiger partial charge in [-0.1, -0.05) is 30.3 Å². The smallest absolute Gasteiger partial charge is 0.234 e. The fourth-order valence-electron chi connectivity index (χ4n) is 2.78. The van der Waals surface area contributed by atoms with Crippen molar-refractivity contribution < 1.29 is 9.59 Å². The number of hydrazine groups is 1. The monoisotopic (exact) mass is 289 g/mol. The molecular weight excluding hydrogens is 266 g/mol. The van der Waals surface area contributed by atoms with Crippen LogP contribution in [0.15, 0.2) is 30.3 Å². The van der Waals surface area contributed by atoms with Crippen LogP contribution in [0.5, 0.6) is 0 Å². The van der Waals surface area contributed by atoms with Crippen molar-refractivity contribution in [1.29, 1.82) is 0 Å². The van der Waals surface area contributed by atoms with Crippen molar-refractivity contribution in [3.63, 3.8) is 0 Å². The average Bonchev–Trinajstić information content (AvgIpc) is 2.48. The molecule has 1 aliphatic heterocycles. The number of Topliss-reactive ketones (excluding diaryl/α,β-unsaturated/α-hetero) is 1. The second kappa shape index (κ2) is 7.33. The molecule has 1 heterocycles. The third kappa shape index (κ3) is 4.12. The molecule has 1 fully saturated rings. The highest BCUT2D eigenvalue weighted by Crippen LogP contribution is 2.26. The van der Waals surface area contributed by atoms with Crippen molar-refractivity contribution in [3.05, 3.63) is 35.9 Å². The van der Waals surface area contributed by atoms with Gasteiger partial charge in [-0.15, -0.1) is 0 Å². The predicted octanol–water partition coefficient (Wildman–Crippen LogP) is 1.38. The highest BCUT2D eigenvalue weighted by Gasteiger charge is 2.30. The van der Waals surface area contributed by atoms with Gasteiger partial charge in [0.25, 0.3) is 0 Å². The normalized spacial score (nSPS) is 17.2. The Balaban J connectivity index is 2.30. The third-order valence-corrected chi connectivity index (χ3v) is 3.68. The van der Waals surface area contributed by atoms with Crippen LogP contribution >= 0.6 is 0 Å². The van der Waals surface area contributed by atoms with Crippen LogP contribution < -0.4 is 5.32 Å². The predicted molar refractivity (Wildman–Crippen MR) is 81.4 cm³/mol. The molecule has 0 saturated carbocycles. The number of amides is 1. The van der Waals surface area contributed by atoms with Crippen molar-refractivity contribution in [2.45, 2.75) is 26.3 Å². The molecule has 1 saturated heterocycles. The van der Waals surface area contributed by atoms with E-state index in [0.29, 0.717) is 6.42 Å². The molecule has 2 rings (SSSR count). The lowest BCUT2D eigenvalue weighted by atomic mass is 10.0. The summed E-state index contributed by atoms with van der Waals surface area (Å²) in [6, 6.07) is 9.56. The molecule has 1 aliphatic rings. The Labute approximate surface area is 125 Å². The lowest BCUT2D eigenvalue weighted by Gasteiger charge is -2.42. The molecule has 0 aromatic heterocycles. The number of hydrogen-bond donors (Lipinski definition) is 1. The number of carbonyl (C=O) groups is 2. The summed E-state index contributed by atoms with van der Waals surface area (Å²) in [6.45, 7) is 6.41. The van der Waals surface area contributed by atoms with Gasteiger partial charge < -0.3 is 5.32 Å². The first-order valence-electron chi connectivity index (χ1n) is 7.39. The highest BCUT2D eigenvalue weighted by molar-refractivity contribution is 5.78. The highest BCUT2D eigenvalue weighted by atomic mass is 16.2. The van der Waals surface area contributed by atoms with Gasteiger partial charge >= 0.3 is 0 Å². The summed E-state index contributed by atoms with van der Waals surface area (Å²) < 4.78 is 0. The minimum atomic E-state index is -0.223. The second-order valence-electron chi connectivity index (χ2n) is 5.40. The number of hydrogen-bond acceptors (Lipinski definition) is 4. The molecule has 0 radical (unpaired) electrons. The molecule has 1 N–H and O–H groups in total. The maximum Gasteiger partial charge on any atom is 0.234 e. The van der Waals surface area contributed by atoms with Gasteiger partial charge in [0.15, 0.2) is 0 Å². The van der Waals surface area contributed by atoms with Crippen LogP contribution in [-0.2, 0) is 9.59 Å². The van der Waals surface area contributed by atoms with Crippen molar-refractivity contribution in [1.82, 2.24) is 15.3 Å². The molecule has 1 atom stereocenters. The van der Waals surface area contributed by atoms with Crippen LogP contribution in [-0.4, -0.2) is 47.9 Å². The van der Waals surface area contributed by atoms with Gasteiger partial charge in [-0.2, -0.15) is 0 Å². The number of benzene rings is 1. The molecule has 1 aromatic carbocycles. The lowest BCUT2D eigenvalue weighted by Crippen LogP contribution is -2.55. The fraction of sp³-hybridized carbons (Fsp3) is 0.500. The Morgan fingerprint density at radius 3 is 2.33 bits per heavy atom. The molecular formula is C16H23N3O2. The van der Waals surface area contributed by atoms with Crippen molar-refractivity contribution in [2.24, 2.45) is 0 Å². The Hall–Kier alpha value is -1.72. The van der Waals surface area contributed by atoms with Gasteiger partial charge in [-0.3, -0.25) is 14.6 Å². The Morgan fingerprint density at radius 2 is 1.81 bits per heavy atom. The van der Waals surface area contributed by atoms with Crippen LogP contribution in [0.1, 0.15) is 31.9 Å². The third-order valence-electron chi connectivity index (χ3n) is 3.68. The van der Waals surface area contributed by atoms with E-state index in [1.54, 1.807) is 18.9 Å². The Morgan fingerprint density at radius 1 is 1.19 bits per heavy atom. The fourth-order valence-corrected chi connectivity index (χ4v) is 2.78. The van der Waals surface area contributed by atoms with Gasteiger partial charge in [0, 0.05) is 39.5 Å². The summed E-state index contributed by atoms with van der Waals surface area (Å²) in [7, 11) is 0. The van der Waals surface area contributed by atoms with Gasteiger partial charge in [0.05, 0.1) is 6.04 Å². The average molecular weight is 289 g/mol. The topological polar surface area (TPSA) is 52.7 Å². The SMILES string of the molecule is CC(=O)CC(c1ccccc1)N(C(C)=O)N1CCNCC1. The number of piperazine rings is 1. The van der Waals surface area contributed by atoms with Crippen molar-refractivity contribution in [2.75, 3.05) is 26.2 Å². The number of rotatable bonds is 5. The molecule has 0 aliphatic carbocycles. The van der Waals surface area contributed by atoms with Gasteiger partial charge in [0.1, 0.15) is 5.78 Å². The van der Waals surface area contributed by atoms with E-state index in [4.69, 9.17) is 0 Å². The maximum atomic E-state index is 12.2. The number of nitrogens with zero attached hydrogens (tertiary/aromatic N) is 2. The Bertz CT molecular complexity index is 484. The molecule has 1 unspecified atom stereocenters. The molecule has 114 valence electrons. The summed E-state index contributed by atoms with van der Waals surface area (Å²) >= 11 is 0. The summed E-state index contributed by atoms with van der Waals surface area (Å²) in [5.41, 5.74) is 1.00. The van der Waals surface area contributed by atoms with Crippen LogP contribution in [0.3, 0.4) is 0 Å². The minimum absolute atomic E-state index is 0.0213. The van der Waals surface area contributed by atoms with E-state index >= 15 is 0 Å². The Kier molecular flexibility index (Phi) is 5.47.